The predicted octanol–water partition coefficient (Wildman–Crippen LogP) is 4.86. The van der Waals surface area contributed by atoms with Crippen LogP contribution in [-0.2, 0) is 22.5 Å². The molecule has 1 N–H and O–H groups in total. The van der Waals surface area contributed by atoms with Crippen LogP contribution in [-0.4, -0.2) is 55.2 Å². The minimum absolute atomic E-state index is 0.288. The number of nitrogens with one attached hydrogen (secondary N) is 1. The van der Waals surface area contributed by atoms with Crippen LogP contribution in [0.3, 0.4) is 0 Å². The molecule has 1 atom stereocenters. The predicted molar refractivity (Wildman–Crippen MR) is 139 cm³/mol. The summed E-state index contributed by atoms with van der Waals surface area (Å²) in [7, 11) is 2.97. The van der Waals surface area contributed by atoms with Crippen molar-refractivity contribution in [3.63, 3.8) is 0 Å². The van der Waals surface area contributed by atoms with Gasteiger partial charge in [-0.25, -0.2) is 4.79 Å². The molecule has 4 rings (SSSR count). The maximum Gasteiger partial charge on any atom is 0.340 e. The van der Waals surface area contributed by atoms with Gasteiger partial charge in [0.25, 0.3) is 5.91 Å². The minimum atomic E-state index is -1.02. The molecule has 0 radical (unpaired) electrons. The van der Waals surface area contributed by atoms with Crippen LogP contribution in [0.4, 0.5) is 5.69 Å². The third-order valence-corrected chi connectivity index (χ3v) is 6.72. The number of aromatic nitrogens is 1. The van der Waals surface area contributed by atoms with Crippen LogP contribution in [0.1, 0.15) is 41.9 Å². The Morgan fingerprint density at radius 2 is 1.89 bits per heavy atom. The highest BCUT2D eigenvalue weighted by Gasteiger charge is 2.29. The number of pyridine rings is 1. The fraction of sp³-hybridized carbons (Fsp3) is 0.370. The highest BCUT2D eigenvalue weighted by Crippen LogP contribution is 2.36. The van der Waals surface area contributed by atoms with Gasteiger partial charge >= 0.3 is 5.97 Å². The Kier molecular flexibility index (Phi) is 7.96. The SMILES string of the molecule is CCC(OC(=O)c1c2c(nc3ccccc13)CCN(CC)C2)C(=O)Nc1cc(Cl)c(OC)cc1OC. The van der Waals surface area contributed by atoms with Crippen LogP contribution >= 0.6 is 11.6 Å². The first-order valence-electron chi connectivity index (χ1n) is 12.0. The van der Waals surface area contributed by atoms with Crippen molar-refractivity contribution in [2.75, 3.05) is 32.6 Å². The molecule has 1 aliphatic heterocycles. The van der Waals surface area contributed by atoms with Gasteiger partial charge in [-0.15, -0.1) is 0 Å². The topological polar surface area (TPSA) is 90.0 Å². The zero-order valence-corrected chi connectivity index (χ0v) is 21.6. The Hall–Kier alpha value is -3.36. The lowest BCUT2D eigenvalue weighted by atomic mass is 9.95. The lowest BCUT2D eigenvalue weighted by Crippen LogP contribution is -2.35. The fourth-order valence-electron chi connectivity index (χ4n) is 4.43. The maximum atomic E-state index is 13.6. The third kappa shape index (κ3) is 5.10. The van der Waals surface area contributed by atoms with E-state index >= 15 is 0 Å². The van der Waals surface area contributed by atoms with Gasteiger partial charge in [-0.2, -0.15) is 0 Å². The molecular formula is C27H30ClN3O5. The number of hydrogen-bond donors (Lipinski definition) is 1. The molecule has 1 aliphatic rings. The minimum Gasteiger partial charge on any atom is -0.495 e. The van der Waals surface area contributed by atoms with Gasteiger partial charge in [0.2, 0.25) is 0 Å². The van der Waals surface area contributed by atoms with E-state index in [2.05, 4.69) is 17.1 Å². The third-order valence-electron chi connectivity index (χ3n) is 6.42. The molecule has 0 spiro atoms. The summed E-state index contributed by atoms with van der Waals surface area (Å²) >= 11 is 6.24. The monoisotopic (exact) mass is 511 g/mol. The number of anilines is 1. The van der Waals surface area contributed by atoms with E-state index in [-0.39, 0.29) is 6.42 Å². The summed E-state index contributed by atoms with van der Waals surface area (Å²) in [6, 6.07) is 10.7. The first-order chi connectivity index (χ1) is 17.4. The summed E-state index contributed by atoms with van der Waals surface area (Å²) < 4.78 is 16.4. The van der Waals surface area contributed by atoms with E-state index in [1.165, 1.54) is 20.3 Å². The molecule has 3 aromatic rings. The van der Waals surface area contributed by atoms with Gasteiger partial charge in [0, 0.05) is 42.2 Å². The summed E-state index contributed by atoms with van der Waals surface area (Å²) in [6.07, 6.45) is 0.0246. The number of halogens is 1. The first-order valence-corrected chi connectivity index (χ1v) is 12.3. The van der Waals surface area contributed by atoms with Crippen molar-refractivity contribution >= 4 is 40.1 Å². The zero-order valence-electron chi connectivity index (χ0n) is 20.9. The van der Waals surface area contributed by atoms with E-state index in [4.69, 9.17) is 30.8 Å². The molecule has 2 heterocycles. The van der Waals surface area contributed by atoms with Crippen molar-refractivity contribution in [1.82, 2.24) is 9.88 Å². The van der Waals surface area contributed by atoms with Crippen LogP contribution < -0.4 is 14.8 Å². The standard InChI is InChI=1S/C27H30ClN3O5/c1-5-22(26(32)30-21-13-18(28)23(34-3)14-24(21)35-4)36-27(33)25-16-9-7-8-10-19(16)29-20-11-12-31(6-2)15-17(20)25/h7-10,13-14,22H,5-6,11-12,15H2,1-4H3,(H,30,32). The second-order valence-corrected chi connectivity index (χ2v) is 8.93. The van der Waals surface area contributed by atoms with Gasteiger partial charge in [-0.1, -0.05) is 43.6 Å². The van der Waals surface area contributed by atoms with Gasteiger partial charge in [-0.3, -0.25) is 14.7 Å². The van der Waals surface area contributed by atoms with E-state index in [1.807, 2.05) is 24.3 Å². The maximum absolute atomic E-state index is 13.6. The molecule has 0 saturated heterocycles. The summed E-state index contributed by atoms with van der Waals surface area (Å²) in [5.74, 6) is -0.225. The number of likely N-dealkylation sites (N-methyl/N-ethyl adjacent to an activating group) is 1. The van der Waals surface area contributed by atoms with Crippen molar-refractivity contribution in [2.45, 2.75) is 39.3 Å². The Morgan fingerprint density at radius 3 is 2.58 bits per heavy atom. The number of esters is 1. The number of methoxy groups -OCH3 is 2. The second kappa shape index (κ2) is 11.1. The smallest absolute Gasteiger partial charge is 0.340 e. The number of nitrogens with zero attached hydrogens (tertiary/aromatic N) is 2. The number of rotatable bonds is 8. The van der Waals surface area contributed by atoms with Gasteiger partial charge < -0.3 is 19.5 Å². The van der Waals surface area contributed by atoms with Gasteiger partial charge in [0.05, 0.1) is 36.0 Å². The molecular weight excluding hydrogens is 482 g/mol. The molecule has 190 valence electrons. The summed E-state index contributed by atoms with van der Waals surface area (Å²) in [4.78, 5) is 33.8. The molecule has 9 heteroatoms. The highest BCUT2D eigenvalue weighted by atomic mass is 35.5. The van der Waals surface area contributed by atoms with Crippen molar-refractivity contribution in [3.8, 4) is 11.5 Å². The summed E-state index contributed by atoms with van der Waals surface area (Å²) in [5.41, 5.74) is 3.34. The number of para-hydroxylation sites is 1. The Morgan fingerprint density at radius 1 is 1.14 bits per heavy atom. The molecule has 2 aromatic carbocycles. The number of ether oxygens (including phenoxy) is 3. The first kappa shape index (κ1) is 25.7. The quantitative estimate of drug-likeness (QED) is 0.432. The fourth-order valence-corrected chi connectivity index (χ4v) is 4.67. The Labute approximate surface area is 215 Å². The summed E-state index contributed by atoms with van der Waals surface area (Å²) in [6.45, 7) is 6.24. The van der Waals surface area contributed by atoms with Crippen LogP contribution in [0.25, 0.3) is 10.9 Å². The Balaban J connectivity index is 1.63. The number of carbonyl (C=O) groups is 2. The average molecular weight is 512 g/mol. The number of amides is 1. The highest BCUT2D eigenvalue weighted by molar-refractivity contribution is 6.32. The Bertz CT molecular complexity index is 1300. The molecule has 1 aromatic heterocycles. The van der Waals surface area contributed by atoms with Crippen molar-refractivity contribution in [2.24, 2.45) is 0 Å². The van der Waals surface area contributed by atoms with Crippen LogP contribution in [0, 0.1) is 0 Å². The van der Waals surface area contributed by atoms with Crippen molar-refractivity contribution in [3.05, 3.63) is 58.2 Å². The largest absolute Gasteiger partial charge is 0.495 e. The lowest BCUT2D eigenvalue weighted by molar-refractivity contribution is -0.124. The lowest BCUT2D eigenvalue weighted by Gasteiger charge is -2.29. The number of carbonyl (C=O) groups excluding carboxylic acids is 2. The normalized spacial score (nSPS) is 14.1. The summed E-state index contributed by atoms with van der Waals surface area (Å²) in [5, 5.41) is 3.81. The number of hydrogen-bond acceptors (Lipinski definition) is 7. The van der Waals surface area contributed by atoms with E-state index in [9.17, 15) is 9.59 Å². The molecule has 0 bridgehead atoms. The molecule has 0 fully saturated rings. The molecule has 36 heavy (non-hydrogen) atoms. The van der Waals surface area contributed by atoms with Crippen molar-refractivity contribution in [1.29, 1.82) is 0 Å². The second-order valence-electron chi connectivity index (χ2n) is 8.53. The van der Waals surface area contributed by atoms with Crippen LogP contribution in [0.15, 0.2) is 36.4 Å². The van der Waals surface area contributed by atoms with Crippen LogP contribution in [0.5, 0.6) is 11.5 Å². The molecule has 0 saturated carbocycles. The van der Waals surface area contributed by atoms with Crippen LogP contribution in [0.2, 0.25) is 5.02 Å². The van der Waals surface area contributed by atoms with Crippen molar-refractivity contribution < 1.29 is 23.8 Å². The molecule has 1 amide bonds. The molecule has 0 aliphatic carbocycles. The number of benzene rings is 2. The molecule has 1 unspecified atom stereocenters. The zero-order chi connectivity index (χ0) is 25.8. The van der Waals surface area contributed by atoms with E-state index in [0.717, 1.165) is 41.7 Å². The molecule has 8 nitrogen and oxygen atoms in total. The van der Waals surface area contributed by atoms with E-state index < -0.39 is 18.0 Å². The van der Waals surface area contributed by atoms with E-state index in [1.54, 1.807) is 13.0 Å². The van der Waals surface area contributed by atoms with Gasteiger partial charge in [0.1, 0.15) is 11.5 Å². The number of fused-ring (bicyclic) bond motifs is 2. The van der Waals surface area contributed by atoms with E-state index in [0.29, 0.717) is 34.3 Å². The van der Waals surface area contributed by atoms with Gasteiger partial charge in [0.15, 0.2) is 6.10 Å². The average Bonchev–Trinajstić information content (AvgIpc) is 2.89. The van der Waals surface area contributed by atoms with Gasteiger partial charge in [-0.05, 0) is 25.1 Å².